The Hall–Kier alpha value is -3.06. The average Bonchev–Trinajstić information content (AvgIpc) is 3.64. The quantitative estimate of drug-likeness (QED) is 0.214. The molecule has 2 fully saturated rings. The first kappa shape index (κ1) is 38.4. The number of aliphatic hydroxyl groups excluding tert-OH is 1. The molecule has 47 heavy (non-hydrogen) atoms. The lowest BCUT2D eigenvalue weighted by atomic mass is 9.85. The van der Waals surface area contributed by atoms with E-state index in [2.05, 4.69) is 26.3 Å². The summed E-state index contributed by atoms with van der Waals surface area (Å²) in [6.07, 6.45) is 2.41. The zero-order valence-corrected chi connectivity index (χ0v) is 29.8. The highest BCUT2D eigenvalue weighted by molar-refractivity contribution is 7.13. The van der Waals surface area contributed by atoms with E-state index in [9.17, 15) is 24.3 Å². The highest BCUT2D eigenvalue weighted by Crippen LogP contribution is 2.29. The number of hydrogen-bond acceptors (Lipinski definition) is 8. The van der Waals surface area contributed by atoms with Crippen molar-refractivity contribution in [3.05, 3.63) is 41.0 Å². The maximum atomic E-state index is 13.9. The molecule has 11 nitrogen and oxygen atoms in total. The number of hydrogen-bond donors (Lipinski definition) is 5. The second-order valence-corrected chi connectivity index (χ2v) is 14.5. The third-order valence-electron chi connectivity index (χ3n) is 8.90. The molecule has 260 valence electrons. The van der Waals surface area contributed by atoms with Crippen molar-refractivity contribution in [2.24, 2.45) is 11.3 Å². The van der Waals surface area contributed by atoms with E-state index in [-0.39, 0.29) is 67.4 Å². The van der Waals surface area contributed by atoms with Gasteiger partial charge in [0.05, 0.1) is 28.2 Å². The summed E-state index contributed by atoms with van der Waals surface area (Å²) in [6.45, 7) is 11.7. The molecule has 0 bridgehead atoms. The Morgan fingerprint density at radius 1 is 1.06 bits per heavy atom. The van der Waals surface area contributed by atoms with Gasteiger partial charge < -0.3 is 31.3 Å². The number of likely N-dealkylation sites (tertiary alicyclic amines) is 1. The lowest BCUT2D eigenvalue weighted by Gasteiger charge is -2.35. The number of benzene rings is 1. The molecule has 2 aliphatic heterocycles. The Morgan fingerprint density at radius 2 is 1.74 bits per heavy atom. The van der Waals surface area contributed by atoms with Gasteiger partial charge in [0.1, 0.15) is 12.1 Å². The molecular weight excluding hydrogens is 640 g/mol. The summed E-state index contributed by atoms with van der Waals surface area (Å²) in [5.41, 5.74) is 4.14. The zero-order chi connectivity index (χ0) is 33.4. The smallest absolute Gasteiger partial charge is 0.246 e. The second-order valence-electron chi connectivity index (χ2n) is 13.7. The Balaban J connectivity index is 0.00000600. The van der Waals surface area contributed by atoms with Gasteiger partial charge in [-0.05, 0) is 69.2 Å². The maximum absolute atomic E-state index is 13.9. The van der Waals surface area contributed by atoms with Crippen molar-refractivity contribution in [1.82, 2.24) is 31.2 Å². The van der Waals surface area contributed by atoms with Crippen molar-refractivity contribution in [1.29, 1.82) is 0 Å². The third-order valence-corrected chi connectivity index (χ3v) is 9.88. The van der Waals surface area contributed by atoms with Crippen LogP contribution in [0.4, 0.5) is 0 Å². The van der Waals surface area contributed by atoms with Crippen molar-refractivity contribution < 1.29 is 24.3 Å². The van der Waals surface area contributed by atoms with Gasteiger partial charge in [-0.15, -0.1) is 23.7 Å². The van der Waals surface area contributed by atoms with Crippen molar-refractivity contribution in [3.63, 3.8) is 0 Å². The number of nitrogens with zero attached hydrogens (tertiary/aromatic N) is 2. The Morgan fingerprint density at radius 3 is 2.36 bits per heavy atom. The molecule has 0 radical (unpaired) electrons. The van der Waals surface area contributed by atoms with E-state index >= 15 is 0 Å². The van der Waals surface area contributed by atoms with Gasteiger partial charge in [0, 0.05) is 31.8 Å². The number of nitrogens with one attached hydrogen (secondary N) is 4. The van der Waals surface area contributed by atoms with Crippen LogP contribution >= 0.6 is 23.7 Å². The number of amides is 4. The SMILES string of the molecule is Cc1ncsc1-c1ccc(C(C)NC(=O)[C@@H]2C[C@@H](O)CN2C(=O)C(NC(=O)CCCCNC(=O)C2CCNCC2)C(C)(C)C)cc1.Cl. The first-order chi connectivity index (χ1) is 21.8. The first-order valence-electron chi connectivity index (χ1n) is 16.4. The summed E-state index contributed by atoms with van der Waals surface area (Å²) in [5, 5.41) is 22.7. The minimum Gasteiger partial charge on any atom is -0.391 e. The molecule has 4 atom stereocenters. The number of halogens is 1. The number of carbonyl (C=O) groups excluding carboxylic acids is 4. The molecule has 0 aliphatic carbocycles. The van der Waals surface area contributed by atoms with Crippen molar-refractivity contribution in [2.45, 2.75) is 97.4 Å². The largest absolute Gasteiger partial charge is 0.391 e. The molecule has 5 N–H and O–H groups in total. The van der Waals surface area contributed by atoms with Crippen LogP contribution in [0.3, 0.4) is 0 Å². The van der Waals surface area contributed by atoms with Gasteiger partial charge in [0.2, 0.25) is 23.6 Å². The number of unbranched alkanes of at least 4 members (excludes halogenated alkanes) is 1. The van der Waals surface area contributed by atoms with Crippen LogP contribution in [0.5, 0.6) is 0 Å². The summed E-state index contributed by atoms with van der Waals surface area (Å²) >= 11 is 1.58. The number of aliphatic hydroxyl groups is 1. The lowest BCUT2D eigenvalue weighted by molar-refractivity contribution is -0.144. The Labute approximate surface area is 288 Å². The molecule has 1 aromatic carbocycles. The monoisotopic (exact) mass is 690 g/mol. The van der Waals surface area contributed by atoms with Gasteiger partial charge in [-0.1, -0.05) is 45.0 Å². The van der Waals surface area contributed by atoms with Crippen LogP contribution in [-0.4, -0.2) is 83.0 Å². The minimum atomic E-state index is -0.875. The van der Waals surface area contributed by atoms with Crippen LogP contribution in [0.15, 0.2) is 29.8 Å². The summed E-state index contributed by atoms with van der Waals surface area (Å²) < 4.78 is 0. The third kappa shape index (κ3) is 10.5. The van der Waals surface area contributed by atoms with E-state index in [4.69, 9.17) is 0 Å². The molecule has 4 rings (SSSR count). The molecule has 3 heterocycles. The standard InChI is InChI=1S/C34H50N6O5S.ClH/c1-21(23-9-11-24(12-10-23)29-22(2)37-20-46-29)38-32(44)27-18-26(41)19-40(27)33(45)30(34(3,4)5)39-28(42)8-6-7-15-36-31(43)25-13-16-35-17-14-25;/h9-12,20-21,25-27,30,35,41H,6-8,13-19H2,1-5H3,(H,36,43)(H,38,44)(H,39,42);1H/t21?,26-,27+,30?;/m1./s1. The van der Waals surface area contributed by atoms with E-state index in [1.54, 1.807) is 11.3 Å². The van der Waals surface area contributed by atoms with Crippen LogP contribution in [0.1, 0.15) is 83.5 Å². The van der Waals surface area contributed by atoms with Gasteiger partial charge >= 0.3 is 0 Å². The molecule has 0 saturated carbocycles. The molecule has 4 amide bonds. The maximum Gasteiger partial charge on any atom is 0.246 e. The summed E-state index contributed by atoms with van der Waals surface area (Å²) in [7, 11) is 0. The van der Waals surface area contributed by atoms with E-state index in [0.29, 0.717) is 19.4 Å². The van der Waals surface area contributed by atoms with Gasteiger partial charge in [-0.25, -0.2) is 4.98 Å². The van der Waals surface area contributed by atoms with Crippen LogP contribution in [0.25, 0.3) is 10.4 Å². The van der Waals surface area contributed by atoms with Crippen LogP contribution in [0, 0.1) is 18.3 Å². The van der Waals surface area contributed by atoms with Gasteiger partial charge in [0.25, 0.3) is 0 Å². The summed E-state index contributed by atoms with van der Waals surface area (Å²) in [6, 6.07) is 5.92. The topological polar surface area (TPSA) is 153 Å². The molecule has 2 saturated heterocycles. The van der Waals surface area contributed by atoms with Gasteiger partial charge in [0.15, 0.2) is 0 Å². The van der Waals surface area contributed by atoms with Gasteiger partial charge in [-0.3, -0.25) is 19.2 Å². The predicted molar refractivity (Wildman–Crippen MR) is 186 cm³/mol. The number of rotatable bonds is 12. The Kier molecular flexibility index (Phi) is 14.2. The molecule has 0 spiro atoms. The Bertz CT molecular complexity index is 1360. The van der Waals surface area contributed by atoms with Crippen molar-refractivity contribution >= 4 is 47.4 Å². The van der Waals surface area contributed by atoms with E-state index in [1.807, 2.05) is 64.4 Å². The highest BCUT2D eigenvalue weighted by atomic mass is 35.5. The van der Waals surface area contributed by atoms with Gasteiger partial charge in [-0.2, -0.15) is 0 Å². The molecular formula is C34H51ClN6O5S. The van der Waals surface area contributed by atoms with E-state index in [0.717, 1.165) is 47.6 Å². The number of piperidine rings is 1. The average molecular weight is 691 g/mol. The number of β-amino-alcohol motifs (C(OH)–C–C–N with tert-alkyl or cyclic N) is 1. The fraction of sp³-hybridized carbons (Fsp3) is 0.618. The van der Waals surface area contributed by atoms with E-state index in [1.165, 1.54) is 4.90 Å². The number of aryl methyl sites for hydroxylation is 1. The lowest BCUT2D eigenvalue weighted by Crippen LogP contribution is -2.57. The first-order valence-corrected chi connectivity index (χ1v) is 17.3. The number of carbonyl (C=O) groups is 4. The zero-order valence-electron chi connectivity index (χ0n) is 28.1. The summed E-state index contributed by atoms with van der Waals surface area (Å²) in [4.78, 5) is 59.5. The fourth-order valence-corrected chi connectivity index (χ4v) is 6.91. The molecule has 13 heteroatoms. The van der Waals surface area contributed by atoms with Crippen LogP contribution < -0.4 is 21.3 Å². The number of thiazole rings is 1. The second kappa shape index (κ2) is 17.4. The normalized spacial score (nSPS) is 19.7. The summed E-state index contributed by atoms with van der Waals surface area (Å²) in [5.74, 6) is -0.866. The van der Waals surface area contributed by atoms with Crippen LogP contribution in [0.2, 0.25) is 0 Å². The number of aromatic nitrogens is 1. The van der Waals surface area contributed by atoms with Crippen LogP contribution in [-0.2, 0) is 19.2 Å². The predicted octanol–water partition coefficient (Wildman–Crippen LogP) is 3.50. The highest BCUT2D eigenvalue weighted by Gasteiger charge is 2.44. The van der Waals surface area contributed by atoms with Crippen molar-refractivity contribution in [2.75, 3.05) is 26.2 Å². The molecule has 2 unspecified atom stereocenters. The molecule has 1 aromatic heterocycles. The molecule has 2 aromatic rings. The van der Waals surface area contributed by atoms with Crippen molar-refractivity contribution in [3.8, 4) is 10.4 Å². The minimum absolute atomic E-state index is 0. The molecule has 2 aliphatic rings. The fourth-order valence-electron chi connectivity index (χ4n) is 6.10. The van der Waals surface area contributed by atoms with E-state index < -0.39 is 23.6 Å².